The Labute approximate surface area is 257 Å². The molecule has 1 N–H and O–H groups in total. The Kier molecular flexibility index (Phi) is 11.0. The number of carbonyl (C=O) groups excluding carboxylic acids is 2. The van der Waals surface area contributed by atoms with Crippen LogP contribution in [0, 0.1) is 5.82 Å². The van der Waals surface area contributed by atoms with Gasteiger partial charge < -0.3 is 19.7 Å². The van der Waals surface area contributed by atoms with Gasteiger partial charge in [-0.2, -0.15) is 0 Å². The lowest BCUT2D eigenvalue weighted by Gasteiger charge is -2.34. The van der Waals surface area contributed by atoms with E-state index >= 15 is 0 Å². The number of rotatable bonds is 12. The molecule has 0 bridgehead atoms. The fourth-order valence-corrected chi connectivity index (χ4v) is 5.96. The first-order valence-corrected chi connectivity index (χ1v) is 15.4. The minimum Gasteiger partial charge on any atom is -0.493 e. The van der Waals surface area contributed by atoms with E-state index in [-0.39, 0.29) is 29.3 Å². The molecule has 0 fully saturated rings. The highest BCUT2D eigenvalue weighted by Gasteiger charge is 2.35. The number of methoxy groups -OCH3 is 2. The van der Waals surface area contributed by atoms with Crippen LogP contribution in [0.1, 0.15) is 39.7 Å². The number of carbonyl (C=O) groups is 2. The average molecular weight is 634 g/mol. The fourth-order valence-electron chi connectivity index (χ4n) is 4.40. The Bertz CT molecular complexity index is 1530. The summed E-state index contributed by atoms with van der Waals surface area (Å²) in [6.45, 7) is 6.53. The van der Waals surface area contributed by atoms with Gasteiger partial charge in [-0.1, -0.05) is 30.7 Å². The van der Waals surface area contributed by atoms with Gasteiger partial charge in [-0.3, -0.25) is 13.9 Å². The first-order valence-electron chi connectivity index (χ1n) is 13.6. The normalized spacial score (nSPS) is 12.3. The molecule has 0 radical (unpaired) electrons. The quantitative estimate of drug-likeness (QED) is 0.286. The van der Waals surface area contributed by atoms with Crippen molar-refractivity contribution < 1.29 is 31.9 Å². The number of hydrogen-bond donors (Lipinski definition) is 1. The van der Waals surface area contributed by atoms with Gasteiger partial charge in [-0.15, -0.1) is 0 Å². The smallest absolute Gasteiger partial charge is 0.264 e. The van der Waals surface area contributed by atoms with Gasteiger partial charge in [0, 0.05) is 23.2 Å². The van der Waals surface area contributed by atoms with Crippen LogP contribution in [0.25, 0.3) is 0 Å². The van der Waals surface area contributed by atoms with Crippen molar-refractivity contribution in [3.05, 3.63) is 83.1 Å². The second kappa shape index (κ2) is 14.1. The van der Waals surface area contributed by atoms with Crippen molar-refractivity contribution in [3.8, 4) is 11.5 Å². The monoisotopic (exact) mass is 633 g/mol. The van der Waals surface area contributed by atoms with Crippen LogP contribution in [0.5, 0.6) is 11.5 Å². The summed E-state index contributed by atoms with van der Waals surface area (Å²) in [7, 11) is -1.54. The highest BCUT2D eigenvalue weighted by atomic mass is 35.5. The predicted octanol–water partition coefficient (Wildman–Crippen LogP) is 5.41. The SMILES string of the molecule is CC[C@@H](C(=O)NC(C)(C)C)N(Cc1ccc(F)cc1)C(=O)CN(c1ccc(Cl)cc1)S(=O)(=O)c1ccc(OC)c(OC)c1. The van der Waals surface area contributed by atoms with Gasteiger partial charge in [0.05, 0.1) is 24.8 Å². The van der Waals surface area contributed by atoms with Crippen molar-refractivity contribution in [2.24, 2.45) is 0 Å². The molecule has 232 valence electrons. The summed E-state index contributed by atoms with van der Waals surface area (Å²) < 4.78 is 53.4. The average Bonchev–Trinajstić information content (AvgIpc) is 2.95. The zero-order valence-electron chi connectivity index (χ0n) is 25.1. The van der Waals surface area contributed by atoms with Gasteiger partial charge in [0.2, 0.25) is 11.8 Å². The first-order chi connectivity index (χ1) is 20.2. The summed E-state index contributed by atoms with van der Waals surface area (Å²) in [5.41, 5.74) is 0.167. The number of benzene rings is 3. The molecule has 3 aromatic carbocycles. The molecule has 0 spiro atoms. The summed E-state index contributed by atoms with van der Waals surface area (Å²) in [5, 5.41) is 3.28. The Morgan fingerprint density at radius 1 is 0.953 bits per heavy atom. The Morgan fingerprint density at radius 3 is 2.09 bits per heavy atom. The molecule has 0 saturated heterocycles. The molecular formula is C31H37ClFN3O6S. The van der Waals surface area contributed by atoms with Crippen molar-refractivity contribution in [3.63, 3.8) is 0 Å². The number of nitrogens with one attached hydrogen (secondary N) is 1. The third-order valence-electron chi connectivity index (χ3n) is 6.49. The molecule has 0 unspecified atom stereocenters. The van der Waals surface area contributed by atoms with E-state index in [1.54, 1.807) is 6.92 Å². The van der Waals surface area contributed by atoms with Gasteiger partial charge in [0.1, 0.15) is 18.4 Å². The lowest BCUT2D eigenvalue weighted by atomic mass is 10.1. The minimum absolute atomic E-state index is 0.0555. The molecule has 0 saturated carbocycles. The third-order valence-corrected chi connectivity index (χ3v) is 8.51. The van der Waals surface area contributed by atoms with Crippen LogP contribution >= 0.6 is 11.6 Å². The van der Waals surface area contributed by atoms with Gasteiger partial charge in [0.15, 0.2) is 11.5 Å². The first kappa shape index (κ1) is 33.7. The Morgan fingerprint density at radius 2 is 1.56 bits per heavy atom. The van der Waals surface area contributed by atoms with E-state index in [2.05, 4.69) is 5.32 Å². The number of amides is 2. The summed E-state index contributed by atoms with van der Waals surface area (Å²) in [6, 6.07) is 14.7. The standard InChI is InChI=1S/C31H37ClFN3O6S/c1-7-26(30(38)34-31(2,3)4)35(19-21-8-12-23(33)13-9-21)29(37)20-36(24-14-10-22(32)11-15-24)43(39,40)25-16-17-27(41-5)28(18-25)42-6/h8-18,26H,7,19-20H2,1-6H3,(H,34,38)/t26-/m0/s1. The fraction of sp³-hybridized carbons (Fsp3) is 0.355. The zero-order valence-corrected chi connectivity index (χ0v) is 26.6. The maximum Gasteiger partial charge on any atom is 0.264 e. The second-order valence-corrected chi connectivity index (χ2v) is 13.1. The molecule has 9 nitrogen and oxygen atoms in total. The van der Waals surface area contributed by atoms with E-state index in [9.17, 15) is 22.4 Å². The van der Waals surface area contributed by atoms with Crippen LogP contribution in [0.3, 0.4) is 0 Å². The van der Waals surface area contributed by atoms with E-state index in [0.717, 1.165) is 4.31 Å². The molecule has 3 rings (SSSR count). The maximum atomic E-state index is 14.1. The lowest BCUT2D eigenvalue weighted by Crippen LogP contribution is -2.55. The summed E-state index contributed by atoms with van der Waals surface area (Å²) >= 11 is 6.08. The molecule has 12 heteroatoms. The second-order valence-electron chi connectivity index (χ2n) is 10.8. The van der Waals surface area contributed by atoms with E-state index in [0.29, 0.717) is 16.3 Å². The molecule has 0 aliphatic heterocycles. The van der Waals surface area contributed by atoms with E-state index in [1.165, 1.54) is 85.8 Å². The zero-order chi connectivity index (χ0) is 31.9. The van der Waals surface area contributed by atoms with Crippen LogP contribution in [-0.2, 0) is 26.2 Å². The van der Waals surface area contributed by atoms with Crippen LogP contribution in [0.15, 0.2) is 71.6 Å². The molecule has 0 aliphatic carbocycles. The van der Waals surface area contributed by atoms with Gasteiger partial charge in [0.25, 0.3) is 10.0 Å². The Balaban J connectivity index is 2.10. The molecule has 0 heterocycles. The van der Waals surface area contributed by atoms with E-state index in [4.69, 9.17) is 21.1 Å². The van der Waals surface area contributed by atoms with Gasteiger partial charge >= 0.3 is 0 Å². The number of ether oxygens (including phenoxy) is 2. The third kappa shape index (κ3) is 8.61. The summed E-state index contributed by atoms with van der Waals surface area (Å²) in [6.07, 6.45) is 0.248. The van der Waals surface area contributed by atoms with Crippen LogP contribution in [-0.4, -0.2) is 57.5 Å². The van der Waals surface area contributed by atoms with Gasteiger partial charge in [-0.25, -0.2) is 12.8 Å². The molecule has 3 aromatic rings. The summed E-state index contributed by atoms with van der Waals surface area (Å²) in [4.78, 5) is 28.7. The highest BCUT2D eigenvalue weighted by molar-refractivity contribution is 7.92. The van der Waals surface area contributed by atoms with Crippen molar-refractivity contribution >= 4 is 39.1 Å². The molecular weight excluding hydrogens is 597 g/mol. The number of sulfonamides is 1. The molecule has 43 heavy (non-hydrogen) atoms. The van der Waals surface area contributed by atoms with Crippen LogP contribution < -0.4 is 19.1 Å². The van der Waals surface area contributed by atoms with E-state index in [1.807, 2.05) is 20.8 Å². The molecule has 0 aliphatic rings. The van der Waals surface area contributed by atoms with Crippen molar-refractivity contribution in [2.45, 2.75) is 57.1 Å². The van der Waals surface area contributed by atoms with Crippen LogP contribution in [0.4, 0.5) is 10.1 Å². The maximum absolute atomic E-state index is 14.1. The summed E-state index contributed by atoms with van der Waals surface area (Å²) in [5.74, 6) is -0.968. The predicted molar refractivity (Wildman–Crippen MR) is 164 cm³/mol. The number of halogens is 2. The van der Waals surface area contributed by atoms with Crippen molar-refractivity contribution in [1.82, 2.24) is 10.2 Å². The van der Waals surface area contributed by atoms with Crippen LogP contribution in [0.2, 0.25) is 5.02 Å². The van der Waals surface area contributed by atoms with Crippen molar-refractivity contribution in [2.75, 3.05) is 25.1 Å². The Hall–Kier alpha value is -3.83. The largest absolute Gasteiger partial charge is 0.493 e. The van der Waals surface area contributed by atoms with Gasteiger partial charge in [-0.05, 0) is 81.3 Å². The molecule has 0 aromatic heterocycles. The number of anilines is 1. The number of nitrogens with zero attached hydrogens (tertiary/aromatic N) is 2. The topological polar surface area (TPSA) is 105 Å². The lowest BCUT2D eigenvalue weighted by molar-refractivity contribution is -0.141. The highest BCUT2D eigenvalue weighted by Crippen LogP contribution is 2.33. The number of hydrogen-bond acceptors (Lipinski definition) is 6. The van der Waals surface area contributed by atoms with E-state index < -0.39 is 45.8 Å². The molecule has 1 atom stereocenters. The van der Waals surface area contributed by atoms with Crippen molar-refractivity contribution in [1.29, 1.82) is 0 Å². The minimum atomic E-state index is -4.36. The molecule has 2 amide bonds.